The van der Waals surface area contributed by atoms with E-state index in [0.29, 0.717) is 12.0 Å². The van der Waals surface area contributed by atoms with Crippen LogP contribution in [0.5, 0.6) is 0 Å². The van der Waals surface area contributed by atoms with Crippen LogP contribution in [-0.4, -0.2) is 21.8 Å². The normalized spacial score (nSPS) is 15.6. The highest BCUT2D eigenvalue weighted by molar-refractivity contribution is 9.10. The lowest BCUT2D eigenvalue weighted by atomic mass is 9.98. The van der Waals surface area contributed by atoms with Crippen molar-refractivity contribution >= 4 is 21.7 Å². The molecular formula is C8H12BrO2. The van der Waals surface area contributed by atoms with Gasteiger partial charge in [0.2, 0.25) is 0 Å². The van der Waals surface area contributed by atoms with Crippen LogP contribution in [0.2, 0.25) is 0 Å². The molecule has 2 nitrogen and oxygen atoms in total. The number of ketones is 1. The minimum absolute atomic E-state index is 0.0617. The predicted molar refractivity (Wildman–Crippen MR) is 48.5 cm³/mol. The lowest BCUT2D eigenvalue weighted by molar-refractivity contribution is -0.116. The molecule has 0 amide bonds. The topological polar surface area (TPSA) is 37.3 Å². The van der Waals surface area contributed by atoms with E-state index in [9.17, 15) is 4.79 Å². The summed E-state index contributed by atoms with van der Waals surface area (Å²) in [6, 6.07) is 0. The number of aliphatic hydroxyl groups is 1. The van der Waals surface area contributed by atoms with Crippen LogP contribution in [0.4, 0.5) is 0 Å². The van der Waals surface area contributed by atoms with Crippen molar-refractivity contribution in [1.29, 1.82) is 0 Å². The number of halogens is 1. The third-order valence-corrected chi connectivity index (χ3v) is 2.06. The lowest BCUT2D eigenvalue weighted by Crippen LogP contribution is -2.30. The molecule has 0 rings (SSSR count). The quantitative estimate of drug-likeness (QED) is 0.575. The van der Waals surface area contributed by atoms with Gasteiger partial charge in [-0.1, -0.05) is 22.5 Å². The zero-order valence-electron chi connectivity index (χ0n) is 6.56. The Balaban J connectivity index is 4.29. The van der Waals surface area contributed by atoms with Gasteiger partial charge in [0, 0.05) is 6.61 Å². The van der Waals surface area contributed by atoms with E-state index in [1.807, 2.05) is 0 Å². The Morgan fingerprint density at radius 2 is 2.18 bits per heavy atom. The van der Waals surface area contributed by atoms with Crippen molar-refractivity contribution < 1.29 is 9.90 Å². The molecule has 1 radical (unpaired) electrons. The van der Waals surface area contributed by atoms with Gasteiger partial charge in [-0.3, -0.25) is 4.79 Å². The first kappa shape index (κ1) is 10.8. The Morgan fingerprint density at radius 3 is 2.45 bits per heavy atom. The summed E-state index contributed by atoms with van der Waals surface area (Å²) in [5.74, 6) is -0.161. The molecular weight excluding hydrogens is 208 g/mol. The van der Waals surface area contributed by atoms with Gasteiger partial charge in [0.05, 0.1) is 4.32 Å². The van der Waals surface area contributed by atoms with Crippen molar-refractivity contribution in [1.82, 2.24) is 0 Å². The van der Waals surface area contributed by atoms with E-state index in [1.54, 1.807) is 6.92 Å². The average Bonchev–Trinajstić information content (AvgIpc) is 1.86. The van der Waals surface area contributed by atoms with Gasteiger partial charge in [-0.05, 0) is 25.8 Å². The Labute approximate surface area is 75.4 Å². The number of aliphatic hydroxyl groups excluding tert-OH is 1. The van der Waals surface area contributed by atoms with E-state index in [4.69, 9.17) is 5.11 Å². The zero-order valence-corrected chi connectivity index (χ0v) is 8.15. The van der Waals surface area contributed by atoms with Crippen LogP contribution in [0.15, 0.2) is 12.2 Å². The van der Waals surface area contributed by atoms with Crippen molar-refractivity contribution in [2.75, 3.05) is 6.61 Å². The molecule has 0 saturated heterocycles. The predicted octanol–water partition coefficient (Wildman–Crippen LogP) is 1.48. The maximum atomic E-state index is 11.2. The second-order valence-corrected chi connectivity index (χ2v) is 4.07. The molecule has 0 aromatic carbocycles. The third kappa shape index (κ3) is 3.16. The number of Topliss-reactive ketones (excluding diaryl/α,β-unsaturated/α-hetero) is 1. The van der Waals surface area contributed by atoms with E-state index in [-0.39, 0.29) is 12.4 Å². The molecule has 1 N–H and O–H groups in total. The highest BCUT2D eigenvalue weighted by Crippen LogP contribution is 2.24. The van der Waals surface area contributed by atoms with Gasteiger partial charge < -0.3 is 5.11 Å². The van der Waals surface area contributed by atoms with E-state index in [2.05, 4.69) is 29.4 Å². The van der Waals surface area contributed by atoms with Crippen molar-refractivity contribution in [3.05, 3.63) is 19.1 Å². The summed E-state index contributed by atoms with van der Waals surface area (Å²) in [6.07, 6.45) is 0.304. The van der Waals surface area contributed by atoms with Crippen LogP contribution >= 0.6 is 15.9 Å². The molecule has 1 unspecified atom stereocenters. The second-order valence-electron chi connectivity index (χ2n) is 2.55. The molecule has 63 valence electrons. The SMILES string of the molecule is [CH2]C(Br)(CCO)C(=O)C(=C)C. The second kappa shape index (κ2) is 4.02. The fourth-order valence-electron chi connectivity index (χ4n) is 0.673. The molecule has 0 fully saturated rings. The molecule has 0 aromatic rings. The molecule has 0 heterocycles. The number of carbonyl (C=O) groups is 1. The average molecular weight is 220 g/mol. The molecule has 0 spiro atoms. The summed E-state index contributed by atoms with van der Waals surface area (Å²) in [4.78, 5) is 11.2. The number of carbonyl (C=O) groups excluding carboxylic acids is 1. The summed E-state index contributed by atoms with van der Waals surface area (Å²) < 4.78 is -0.895. The first-order valence-corrected chi connectivity index (χ1v) is 4.06. The van der Waals surface area contributed by atoms with Crippen molar-refractivity contribution in [3.63, 3.8) is 0 Å². The standard InChI is InChI=1S/C8H12BrO2/c1-6(2)7(11)8(3,9)4-5-10/h10H,1,3-5H2,2H3. The minimum atomic E-state index is -0.895. The summed E-state index contributed by atoms with van der Waals surface area (Å²) in [5, 5.41) is 8.58. The minimum Gasteiger partial charge on any atom is -0.396 e. The Morgan fingerprint density at radius 1 is 1.73 bits per heavy atom. The van der Waals surface area contributed by atoms with Gasteiger partial charge in [-0.2, -0.15) is 0 Å². The maximum absolute atomic E-state index is 11.2. The van der Waals surface area contributed by atoms with E-state index in [0.717, 1.165) is 0 Å². The van der Waals surface area contributed by atoms with Gasteiger partial charge >= 0.3 is 0 Å². The van der Waals surface area contributed by atoms with Crippen LogP contribution in [0.1, 0.15) is 13.3 Å². The highest BCUT2D eigenvalue weighted by atomic mass is 79.9. The molecule has 0 saturated carbocycles. The zero-order chi connectivity index (χ0) is 9.07. The number of hydrogen-bond donors (Lipinski definition) is 1. The van der Waals surface area contributed by atoms with Crippen molar-refractivity contribution in [3.8, 4) is 0 Å². The fourth-order valence-corrected chi connectivity index (χ4v) is 1.19. The van der Waals surface area contributed by atoms with Crippen LogP contribution in [-0.2, 0) is 4.79 Å². The number of rotatable bonds is 4. The maximum Gasteiger partial charge on any atom is 0.174 e. The van der Waals surface area contributed by atoms with Gasteiger partial charge in [0.25, 0.3) is 0 Å². The first-order valence-electron chi connectivity index (χ1n) is 3.27. The van der Waals surface area contributed by atoms with Crippen molar-refractivity contribution in [2.24, 2.45) is 0 Å². The van der Waals surface area contributed by atoms with Crippen LogP contribution in [0.3, 0.4) is 0 Å². The molecule has 11 heavy (non-hydrogen) atoms. The van der Waals surface area contributed by atoms with Gasteiger partial charge in [-0.15, -0.1) is 0 Å². The lowest BCUT2D eigenvalue weighted by Gasteiger charge is -2.18. The molecule has 0 aromatic heterocycles. The first-order chi connectivity index (χ1) is 4.91. The number of alkyl halides is 1. The fraction of sp³-hybridized carbons (Fsp3) is 0.500. The summed E-state index contributed by atoms with van der Waals surface area (Å²) in [7, 11) is 0. The molecule has 1 atom stereocenters. The van der Waals surface area contributed by atoms with Gasteiger partial charge in [0.1, 0.15) is 0 Å². The van der Waals surface area contributed by atoms with E-state index in [1.165, 1.54) is 0 Å². The Hall–Kier alpha value is -0.150. The highest BCUT2D eigenvalue weighted by Gasteiger charge is 2.29. The van der Waals surface area contributed by atoms with Crippen LogP contribution in [0, 0.1) is 6.92 Å². The number of allylic oxidation sites excluding steroid dienone is 1. The Bertz CT molecular complexity index is 173. The molecule has 0 aliphatic heterocycles. The van der Waals surface area contributed by atoms with Crippen molar-refractivity contribution in [2.45, 2.75) is 17.7 Å². The Kier molecular flexibility index (Phi) is 3.97. The summed E-state index contributed by atoms with van der Waals surface area (Å²) in [5.41, 5.74) is 0.449. The largest absolute Gasteiger partial charge is 0.396 e. The molecule has 0 bridgehead atoms. The number of hydrogen-bond acceptors (Lipinski definition) is 2. The monoisotopic (exact) mass is 219 g/mol. The van der Waals surface area contributed by atoms with E-state index < -0.39 is 4.32 Å². The van der Waals surface area contributed by atoms with E-state index >= 15 is 0 Å². The van der Waals surface area contributed by atoms with Crippen LogP contribution in [0.25, 0.3) is 0 Å². The summed E-state index contributed by atoms with van der Waals surface area (Å²) >= 11 is 3.13. The summed E-state index contributed by atoms with van der Waals surface area (Å²) in [6.45, 7) is 8.69. The smallest absolute Gasteiger partial charge is 0.174 e. The van der Waals surface area contributed by atoms with Gasteiger partial charge in [-0.25, -0.2) is 0 Å². The van der Waals surface area contributed by atoms with Crippen LogP contribution < -0.4 is 0 Å². The third-order valence-electron chi connectivity index (χ3n) is 1.30. The van der Waals surface area contributed by atoms with Gasteiger partial charge in [0.15, 0.2) is 5.78 Å². The molecule has 0 aliphatic rings. The molecule has 0 aliphatic carbocycles. The molecule has 3 heteroatoms.